The molecule has 132 valence electrons. The zero-order valence-corrected chi connectivity index (χ0v) is 17.4. The summed E-state index contributed by atoms with van der Waals surface area (Å²) in [4.78, 5) is 11.9. The third-order valence-electron chi connectivity index (χ3n) is 5.19. The van der Waals surface area contributed by atoms with Gasteiger partial charge in [-0.3, -0.25) is 0 Å². The van der Waals surface area contributed by atoms with Gasteiger partial charge in [0.1, 0.15) is 5.78 Å². The Bertz CT molecular complexity index is 749. The van der Waals surface area contributed by atoms with Crippen LogP contribution in [0.15, 0.2) is 48.5 Å². The standard InChI is InChI=1S/C23H30OSi/c1-17-14-18(2)23(19(3)15-17)13-12-22(16-20(4)24)25(5,6)21-10-8-7-9-11-21/h7-15,22H,16H2,1-6H3/b13-12+. The highest BCUT2D eigenvalue weighted by molar-refractivity contribution is 6.91. The predicted octanol–water partition coefficient (Wildman–Crippen LogP) is 5.59. The highest BCUT2D eigenvalue weighted by Crippen LogP contribution is 2.29. The molecule has 0 aliphatic rings. The summed E-state index contributed by atoms with van der Waals surface area (Å²) in [5.41, 5.74) is 5.49. The SMILES string of the molecule is CC(=O)CC(/C=C/c1c(C)cc(C)cc1C)[Si](C)(C)c1ccccc1. The zero-order chi connectivity index (χ0) is 18.6. The van der Waals surface area contributed by atoms with Crippen molar-refractivity contribution in [1.29, 1.82) is 0 Å². The van der Waals surface area contributed by atoms with Gasteiger partial charge in [-0.1, -0.05) is 78.5 Å². The highest BCUT2D eigenvalue weighted by Gasteiger charge is 2.32. The Labute approximate surface area is 153 Å². The van der Waals surface area contributed by atoms with Gasteiger partial charge in [-0.05, 0) is 49.9 Å². The van der Waals surface area contributed by atoms with Crippen LogP contribution in [-0.2, 0) is 4.79 Å². The minimum atomic E-state index is -1.78. The van der Waals surface area contributed by atoms with Crippen LogP contribution < -0.4 is 5.19 Å². The van der Waals surface area contributed by atoms with Crippen LogP contribution in [0.4, 0.5) is 0 Å². The van der Waals surface area contributed by atoms with Crippen LogP contribution in [-0.4, -0.2) is 13.9 Å². The molecular weight excluding hydrogens is 320 g/mol. The monoisotopic (exact) mass is 350 g/mol. The Hall–Kier alpha value is -1.93. The molecule has 0 radical (unpaired) electrons. The van der Waals surface area contributed by atoms with Crippen molar-refractivity contribution in [2.45, 2.75) is 52.8 Å². The fourth-order valence-electron chi connectivity index (χ4n) is 3.62. The second-order valence-corrected chi connectivity index (χ2v) is 12.5. The molecule has 2 aromatic rings. The summed E-state index contributed by atoms with van der Waals surface area (Å²) in [6.45, 7) is 12.9. The van der Waals surface area contributed by atoms with Crippen LogP contribution >= 0.6 is 0 Å². The first-order chi connectivity index (χ1) is 11.7. The van der Waals surface area contributed by atoms with Gasteiger partial charge in [-0.15, -0.1) is 0 Å². The molecular formula is C23H30OSi. The third-order valence-corrected chi connectivity index (χ3v) is 9.26. The highest BCUT2D eigenvalue weighted by atomic mass is 28.3. The fraction of sp³-hybridized carbons (Fsp3) is 0.348. The molecule has 0 spiro atoms. The van der Waals surface area contributed by atoms with E-state index in [1.807, 2.05) is 0 Å². The first-order valence-electron chi connectivity index (χ1n) is 9.03. The van der Waals surface area contributed by atoms with E-state index in [9.17, 15) is 4.79 Å². The van der Waals surface area contributed by atoms with Crippen molar-refractivity contribution in [3.8, 4) is 0 Å². The summed E-state index contributed by atoms with van der Waals surface area (Å²) >= 11 is 0. The summed E-state index contributed by atoms with van der Waals surface area (Å²) in [6, 6.07) is 15.2. The van der Waals surface area contributed by atoms with E-state index < -0.39 is 8.07 Å². The van der Waals surface area contributed by atoms with Gasteiger partial charge in [0, 0.05) is 6.42 Å². The molecule has 2 rings (SSSR count). The molecule has 0 bridgehead atoms. The van der Waals surface area contributed by atoms with Crippen LogP contribution in [0, 0.1) is 20.8 Å². The quantitative estimate of drug-likeness (QED) is 0.621. The fourth-order valence-corrected chi connectivity index (χ4v) is 6.48. The second kappa shape index (κ2) is 7.96. The first kappa shape index (κ1) is 19.4. The lowest BCUT2D eigenvalue weighted by Gasteiger charge is -2.30. The molecule has 0 heterocycles. The molecule has 2 heteroatoms. The molecule has 0 N–H and O–H groups in total. The van der Waals surface area contributed by atoms with E-state index in [2.05, 4.69) is 88.5 Å². The average molecular weight is 351 g/mol. The molecule has 0 aliphatic heterocycles. The Morgan fingerprint density at radius 3 is 2.12 bits per heavy atom. The number of hydrogen-bond acceptors (Lipinski definition) is 1. The number of ketones is 1. The minimum absolute atomic E-state index is 0.267. The van der Waals surface area contributed by atoms with Gasteiger partial charge in [0.2, 0.25) is 0 Å². The Kier molecular flexibility index (Phi) is 6.18. The van der Waals surface area contributed by atoms with Crippen molar-refractivity contribution >= 4 is 25.1 Å². The van der Waals surface area contributed by atoms with Gasteiger partial charge in [0.25, 0.3) is 0 Å². The molecule has 25 heavy (non-hydrogen) atoms. The van der Waals surface area contributed by atoms with E-state index in [1.54, 1.807) is 6.92 Å². The van der Waals surface area contributed by atoms with Crippen molar-refractivity contribution in [2.24, 2.45) is 0 Å². The van der Waals surface area contributed by atoms with E-state index in [4.69, 9.17) is 0 Å². The molecule has 0 aromatic heterocycles. The van der Waals surface area contributed by atoms with E-state index in [1.165, 1.54) is 27.4 Å². The molecule has 1 nitrogen and oxygen atoms in total. The number of hydrogen-bond donors (Lipinski definition) is 0. The van der Waals surface area contributed by atoms with Gasteiger partial charge in [-0.25, -0.2) is 0 Å². The maximum absolute atomic E-state index is 11.9. The third kappa shape index (κ3) is 4.79. The van der Waals surface area contributed by atoms with E-state index in [-0.39, 0.29) is 5.78 Å². The maximum atomic E-state index is 11.9. The molecule has 1 unspecified atom stereocenters. The molecule has 0 saturated heterocycles. The number of carbonyl (C=O) groups is 1. The average Bonchev–Trinajstić information content (AvgIpc) is 2.53. The van der Waals surface area contributed by atoms with Crippen molar-refractivity contribution in [3.05, 3.63) is 70.8 Å². The van der Waals surface area contributed by atoms with Crippen molar-refractivity contribution in [3.63, 3.8) is 0 Å². The summed E-state index contributed by atoms with van der Waals surface area (Å²) in [7, 11) is -1.78. The number of Topliss-reactive ketones (excluding diaryl/α,β-unsaturated/α-hetero) is 1. The number of benzene rings is 2. The van der Waals surface area contributed by atoms with Crippen LogP contribution in [0.25, 0.3) is 6.08 Å². The van der Waals surface area contributed by atoms with E-state index in [0.29, 0.717) is 12.0 Å². The van der Waals surface area contributed by atoms with Crippen molar-refractivity contribution in [1.82, 2.24) is 0 Å². The van der Waals surface area contributed by atoms with Gasteiger partial charge in [0.05, 0.1) is 8.07 Å². The van der Waals surface area contributed by atoms with Gasteiger partial charge < -0.3 is 4.79 Å². The van der Waals surface area contributed by atoms with Crippen LogP contribution in [0.3, 0.4) is 0 Å². The molecule has 0 amide bonds. The molecule has 0 saturated carbocycles. The maximum Gasteiger partial charge on any atom is 0.130 e. The normalized spacial score (nSPS) is 13.2. The minimum Gasteiger partial charge on any atom is -0.300 e. The molecule has 0 aliphatic carbocycles. The van der Waals surface area contributed by atoms with Crippen LogP contribution in [0.2, 0.25) is 18.6 Å². The van der Waals surface area contributed by atoms with Crippen LogP contribution in [0.1, 0.15) is 35.6 Å². The van der Waals surface area contributed by atoms with Gasteiger partial charge in [0.15, 0.2) is 0 Å². The van der Waals surface area contributed by atoms with E-state index >= 15 is 0 Å². The van der Waals surface area contributed by atoms with Crippen LogP contribution in [0.5, 0.6) is 0 Å². The number of aryl methyl sites for hydroxylation is 3. The number of allylic oxidation sites excluding steroid dienone is 1. The summed E-state index contributed by atoms with van der Waals surface area (Å²) in [5.74, 6) is 0.267. The number of rotatable bonds is 6. The molecule has 0 fully saturated rings. The topological polar surface area (TPSA) is 17.1 Å². The Morgan fingerprint density at radius 1 is 1.04 bits per heavy atom. The van der Waals surface area contributed by atoms with E-state index in [0.717, 1.165) is 0 Å². The van der Waals surface area contributed by atoms with Gasteiger partial charge >= 0.3 is 0 Å². The smallest absolute Gasteiger partial charge is 0.130 e. The number of carbonyl (C=O) groups excluding carboxylic acids is 1. The summed E-state index contributed by atoms with van der Waals surface area (Å²) in [5, 5.41) is 1.41. The zero-order valence-electron chi connectivity index (χ0n) is 16.4. The lowest BCUT2D eigenvalue weighted by molar-refractivity contribution is -0.116. The van der Waals surface area contributed by atoms with Crippen molar-refractivity contribution < 1.29 is 4.79 Å². The Balaban J connectivity index is 2.41. The molecule has 2 aromatic carbocycles. The summed E-state index contributed by atoms with van der Waals surface area (Å²) in [6.07, 6.45) is 5.16. The largest absolute Gasteiger partial charge is 0.300 e. The summed E-state index contributed by atoms with van der Waals surface area (Å²) < 4.78 is 0. The lowest BCUT2D eigenvalue weighted by Crippen LogP contribution is -2.45. The predicted molar refractivity (Wildman–Crippen MR) is 112 cm³/mol. The second-order valence-electron chi connectivity index (χ2n) is 7.77. The first-order valence-corrected chi connectivity index (χ1v) is 12.1. The lowest BCUT2D eigenvalue weighted by atomic mass is 9.99. The van der Waals surface area contributed by atoms with Crippen molar-refractivity contribution in [2.75, 3.05) is 0 Å². The Morgan fingerprint density at radius 2 is 1.60 bits per heavy atom. The van der Waals surface area contributed by atoms with Gasteiger partial charge in [-0.2, -0.15) is 0 Å². The molecule has 1 atom stereocenters.